The number of hydrogen-bond acceptors (Lipinski definition) is 6. The number of aliphatic carboxylic acids is 1. The Morgan fingerprint density at radius 1 is 1.33 bits per heavy atom. The minimum atomic E-state index is -1.05. The van der Waals surface area contributed by atoms with Gasteiger partial charge in [-0.25, -0.2) is 4.79 Å². The summed E-state index contributed by atoms with van der Waals surface area (Å²) in [5, 5.41) is 15.5. The number of ether oxygens (including phenoxy) is 1. The number of carbonyl (C=O) groups is 2. The SMILES string of the molecule is C/C=C/CC(NC(=O)CCCc1nc(-c2ccc(OC)cc2)no1)C(=O)O. The Morgan fingerprint density at radius 3 is 2.70 bits per heavy atom. The van der Waals surface area contributed by atoms with Gasteiger partial charge in [0.15, 0.2) is 0 Å². The summed E-state index contributed by atoms with van der Waals surface area (Å²) >= 11 is 0. The second-order valence-corrected chi connectivity index (χ2v) is 5.86. The summed E-state index contributed by atoms with van der Waals surface area (Å²) in [7, 11) is 1.59. The number of aryl methyl sites for hydroxylation is 1. The van der Waals surface area contributed by atoms with Crippen LogP contribution in [-0.4, -0.2) is 40.3 Å². The first-order valence-electron chi connectivity index (χ1n) is 8.63. The van der Waals surface area contributed by atoms with Gasteiger partial charge in [-0.2, -0.15) is 4.98 Å². The Kier molecular flexibility index (Phi) is 7.54. The van der Waals surface area contributed by atoms with Crippen LogP contribution in [0.5, 0.6) is 5.75 Å². The first-order chi connectivity index (χ1) is 13.0. The molecule has 1 amide bonds. The summed E-state index contributed by atoms with van der Waals surface area (Å²) in [6.07, 6.45) is 4.80. The Balaban J connectivity index is 1.82. The molecule has 0 radical (unpaired) electrons. The second-order valence-electron chi connectivity index (χ2n) is 5.86. The average molecular weight is 373 g/mol. The largest absolute Gasteiger partial charge is 0.497 e. The highest BCUT2D eigenvalue weighted by atomic mass is 16.5. The van der Waals surface area contributed by atoms with Crippen molar-refractivity contribution in [1.29, 1.82) is 0 Å². The molecule has 0 aliphatic heterocycles. The number of methoxy groups -OCH3 is 1. The number of amides is 1. The number of rotatable bonds is 10. The van der Waals surface area contributed by atoms with E-state index in [4.69, 9.17) is 14.4 Å². The molecule has 0 spiro atoms. The summed E-state index contributed by atoms with van der Waals surface area (Å²) < 4.78 is 10.3. The third-order valence-corrected chi connectivity index (χ3v) is 3.85. The molecule has 0 aliphatic rings. The summed E-state index contributed by atoms with van der Waals surface area (Å²) in [5.41, 5.74) is 0.803. The maximum Gasteiger partial charge on any atom is 0.326 e. The van der Waals surface area contributed by atoms with Crippen molar-refractivity contribution >= 4 is 11.9 Å². The molecular weight excluding hydrogens is 350 g/mol. The molecule has 1 atom stereocenters. The van der Waals surface area contributed by atoms with Crippen molar-refractivity contribution in [2.45, 2.75) is 38.6 Å². The van der Waals surface area contributed by atoms with Crippen molar-refractivity contribution in [2.24, 2.45) is 0 Å². The van der Waals surface area contributed by atoms with E-state index in [-0.39, 0.29) is 18.7 Å². The number of allylic oxidation sites excluding steroid dienone is 1. The maximum atomic E-state index is 11.9. The molecule has 144 valence electrons. The molecule has 0 saturated carbocycles. The molecule has 2 aromatic rings. The Labute approximate surface area is 157 Å². The van der Waals surface area contributed by atoms with E-state index in [1.54, 1.807) is 26.2 Å². The lowest BCUT2D eigenvalue weighted by atomic mass is 10.1. The van der Waals surface area contributed by atoms with Crippen LogP contribution in [0.1, 0.15) is 32.1 Å². The summed E-state index contributed by atoms with van der Waals surface area (Å²) in [6, 6.07) is 6.36. The third-order valence-electron chi connectivity index (χ3n) is 3.85. The number of carboxylic acid groups (broad SMARTS) is 1. The van der Waals surface area contributed by atoms with E-state index in [9.17, 15) is 9.59 Å². The van der Waals surface area contributed by atoms with E-state index in [2.05, 4.69) is 15.5 Å². The highest BCUT2D eigenvalue weighted by Crippen LogP contribution is 2.20. The molecule has 1 aromatic heterocycles. The minimum Gasteiger partial charge on any atom is -0.497 e. The topological polar surface area (TPSA) is 115 Å². The van der Waals surface area contributed by atoms with Crippen molar-refractivity contribution < 1.29 is 24.0 Å². The minimum absolute atomic E-state index is 0.180. The zero-order chi connectivity index (χ0) is 19.6. The van der Waals surface area contributed by atoms with Gasteiger partial charge >= 0.3 is 5.97 Å². The first kappa shape index (κ1) is 20.2. The van der Waals surface area contributed by atoms with Crippen LogP contribution in [0.3, 0.4) is 0 Å². The molecule has 1 heterocycles. The van der Waals surface area contributed by atoms with Gasteiger partial charge in [-0.05, 0) is 44.0 Å². The van der Waals surface area contributed by atoms with Crippen molar-refractivity contribution in [1.82, 2.24) is 15.5 Å². The van der Waals surface area contributed by atoms with Gasteiger partial charge in [0, 0.05) is 18.4 Å². The summed E-state index contributed by atoms with van der Waals surface area (Å²) in [6.45, 7) is 1.80. The number of hydrogen-bond donors (Lipinski definition) is 2. The molecule has 2 rings (SSSR count). The molecule has 0 fully saturated rings. The number of benzene rings is 1. The molecular formula is C19H23N3O5. The molecule has 1 aromatic carbocycles. The van der Waals surface area contributed by atoms with Crippen molar-refractivity contribution in [3.8, 4) is 17.1 Å². The quantitative estimate of drug-likeness (QED) is 0.615. The van der Waals surface area contributed by atoms with Crippen LogP contribution >= 0.6 is 0 Å². The van der Waals surface area contributed by atoms with Gasteiger partial charge in [0.2, 0.25) is 17.6 Å². The van der Waals surface area contributed by atoms with Crippen LogP contribution in [-0.2, 0) is 16.0 Å². The lowest BCUT2D eigenvalue weighted by Crippen LogP contribution is -2.40. The monoisotopic (exact) mass is 373 g/mol. The van der Waals surface area contributed by atoms with E-state index >= 15 is 0 Å². The van der Waals surface area contributed by atoms with Crippen LogP contribution < -0.4 is 10.1 Å². The second kappa shape index (κ2) is 10.1. The van der Waals surface area contributed by atoms with Gasteiger partial charge in [0.1, 0.15) is 11.8 Å². The highest BCUT2D eigenvalue weighted by Gasteiger charge is 2.18. The number of nitrogens with zero attached hydrogens (tertiary/aromatic N) is 2. The molecule has 0 aliphatic carbocycles. The van der Waals surface area contributed by atoms with Gasteiger partial charge < -0.3 is 19.7 Å². The van der Waals surface area contributed by atoms with E-state index < -0.39 is 12.0 Å². The maximum absolute atomic E-state index is 11.9. The molecule has 1 unspecified atom stereocenters. The van der Waals surface area contributed by atoms with Gasteiger partial charge in [-0.1, -0.05) is 17.3 Å². The van der Waals surface area contributed by atoms with Crippen LogP contribution in [0.15, 0.2) is 40.9 Å². The Morgan fingerprint density at radius 2 is 2.07 bits per heavy atom. The normalized spacial score (nSPS) is 12.1. The summed E-state index contributed by atoms with van der Waals surface area (Å²) in [4.78, 5) is 27.4. The van der Waals surface area contributed by atoms with Crippen molar-refractivity contribution in [3.63, 3.8) is 0 Å². The van der Waals surface area contributed by atoms with Gasteiger partial charge in [-0.15, -0.1) is 0 Å². The van der Waals surface area contributed by atoms with Crippen LogP contribution in [0.2, 0.25) is 0 Å². The standard InChI is InChI=1S/C19H23N3O5/c1-3-4-6-15(19(24)25)20-16(23)7-5-8-17-21-18(22-27-17)13-9-11-14(26-2)12-10-13/h3-4,9-12,15H,5-8H2,1-2H3,(H,20,23)(H,24,25)/b4-3+. The van der Waals surface area contributed by atoms with Crippen LogP contribution in [0.4, 0.5) is 0 Å². The number of carbonyl (C=O) groups excluding carboxylic acids is 1. The van der Waals surface area contributed by atoms with Crippen molar-refractivity contribution in [3.05, 3.63) is 42.3 Å². The molecule has 2 N–H and O–H groups in total. The van der Waals surface area contributed by atoms with Crippen LogP contribution in [0.25, 0.3) is 11.4 Å². The predicted octanol–water partition coefficient (Wildman–Crippen LogP) is 2.60. The number of nitrogens with one attached hydrogen (secondary N) is 1. The Bertz CT molecular complexity index is 783. The van der Waals surface area contributed by atoms with Gasteiger partial charge in [0.25, 0.3) is 0 Å². The van der Waals surface area contributed by atoms with Crippen molar-refractivity contribution in [2.75, 3.05) is 7.11 Å². The zero-order valence-electron chi connectivity index (χ0n) is 15.3. The molecule has 27 heavy (non-hydrogen) atoms. The lowest BCUT2D eigenvalue weighted by molar-refractivity contribution is -0.141. The molecule has 0 bridgehead atoms. The van der Waals surface area contributed by atoms with E-state index in [1.165, 1.54) is 0 Å². The van der Waals surface area contributed by atoms with Gasteiger partial charge in [-0.3, -0.25) is 4.79 Å². The smallest absolute Gasteiger partial charge is 0.326 e. The van der Waals surface area contributed by atoms with E-state index in [1.807, 2.05) is 24.3 Å². The van der Waals surface area contributed by atoms with E-state index in [0.717, 1.165) is 11.3 Å². The fraction of sp³-hybridized carbons (Fsp3) is 0.368. The highest BCUT2D eigenvalue weighted by molar-refractivity contribution is 5.83. The third kappa shape index (κ3) is 6.25. The number of carboxylic acids is 1. The first-order valence-corrected chi connectivity index (χ1v) is 8.63. The fourth-order valence-corrected chi connectivity index (χ4v) is 2.37. The molecule has 8 nitrogen and oxygen atoms in total. The zero-order valence-corrected chi connectivity index (χ0v) is 15.3. The average Bonchev–Trinajstić information content (AvgIpc) is 3.14. The predicted molar refractivity (Wildman–Crippen MR) is 98.2 cm³/mol. The molecule has 0 saturated heterocycles. The Hall–Kier alpha value is -3.16. The summed E-state index contributed by atoms with van der Waals surface area (Å²) in [5.74, 6) is 0.263. The molecule has 8 heteroatoms. The lowest BCUT2D eigenvalue weighted by Gasteiger charge is -2.12. The van der Waals surface area contributed by atoms with E-state index in [0.29, 0.717) is 24.6 Å². The number of aromatic nitrogens is 2. The fourth-order valence-electron chi connectivity index (χ4n) is 2.37. The van der Waals surface area contributed by atoms with Gasteiger partial charge in [0.05, 0.1) is 7.11 Å². The van der Waals surface area contributed by atoms with Crippen LogP contribution in [0, 0.1) is 0 Å².